The van der Waals surface area contributed by atoms with E-state index < -0.39 is 29.7 Å². The number of nitrogens with one attached hydrogen (secondary N) is 1. The number of rotatable bonds is 7. The third-order valence-electron chi connectivity index (χ3n) is 5.63. The number of ether oxygens (including phenoxy) is 1. The van der Waals surface area contributed by atoms with Gasteiger partial charge in [0.2, 0.25) is 6.10 Å². The number of hydrogen-bond acceptors (Lipinski definition) is 4. The average Bonchev–Trinajstić information content (AvgIpc) is 3.11. The van der Waals surface area contributed by atoms with Gasteiger partial charge in [0.15, 0.2) is 0 Å². The predicted molar refractivity (Wildman–Crippen MR) is 126 cm³/mol. The molecular formula is C27H21F3N2O4. The molecule has 0 aliphatic carbocycles. The van der Waals surface area contributed by atoms with Crippen molar-refractivity contribution in [1.29, 1.82) is 0 Å². The normalized spacial score (nSPS) is 13.8. The summed E-state index contributed by atoms with van der Waals surface area (Å²) in [6.07, 6.45) is -6.22. The Bertz CT molecular complexity index is 1290. The van der Waals surface area contributed by atoms with E-state index in [9.17, 15) is 27.6 Å². The molecule has 184 valence electrons. The molecule has 0 aromatic heterocycles. The zero-order chi connectivity index (χ0) is 25.9. The number of carbonyl (C=O) groups excluding carboxylic acids is 3. The van der Waals surface area contributed by atoms with Crippen LogP contribution in [0.15, 0.2) is 85.4 Å². The van der Waals surface area contributed by atoms with E-state index in [-0.39, 0.29) is 24.6 Å². The summed E-state index contributed by atoms with van der Waals surface area (Å²) in [5.74, 6) is -1.87. The van der Waals surface area contributed by atoms with Crippen molar-refractivity contribution in [2.45, 2.75) is 18.7 Å². The molecule has 0 saturated heterocycles. The Morgan fingerprint density at radius 2 is 1.61 bits per heavy atom. The number of amides is 2. The Kier molecular flexibility index (Phi) is 6.91. The molecule has 0 spiro atoms. The van der Waals surface area contributed by atoms with Crippen molar-refractivity contribution in [2.75, 3.05) is 11.9 Å². The fourth-order valence-corrected chi connectivity index (χ4v) is 3.85. The van der Waals surface area contributed by atoms with Gasteiger partial charge in [0, 0.05) is 34.6 Å². The molecule has 3 aromatic carbocycles. The fourth-order valence-electron chi connectivity index (χ4n) is 3.85. The highest BCUT2D eigenvalue weighted by atomic mass is 19.4. The Balaban J connectivity index is 1.46. The Morgan fingerprint density at radius 1 is 0.944 bits per heavy atom. The van der Waals surface area contributed by atoms with Crippen molar-refractivity contribution in [3.63, 3.8) is 0 Å². The van der Waals surface area contributed by atoms with Crippen LogP contribution in [-0.2, 0) is 20.5 Å². The first kappa shape index (κ1) is 24.7. The van der Waals surface area contributed by atoms with Crippen LogP contribution in [-0.4, -0.2) is 29.2 Å². The van der Waals surface area contributed by atoms with Gasteiger partial charge < -0.3 is 15.0 Å². The van der Waals surface area contributed by atoms with Gasteiger partial charge >= 0.3 is 12.1 Å². The number of fused-ring (bicyclic) bond motifs is 1. The summed E-state index contributed by atoms with van der Waals surface area (Å²) in [6.45, 7) is 3.91. The van der Waals surface area contributed by atoms with Crippen molar-refractivity contribution in [2.24, 2.45) is 0 Å². The van der Waals surface area contributed by atoms with Crippen LogP contribution in [0.2, 0.25) is 0 Å². The van der Waals surface area contributed by atoms with Crippen molar-refractivity contribution < 1.29 is 32.3 Å². The summed E-state index contributed by atoms with van der Waals surface area (Å²) < 4.78 is 44.6. The maximum Gasteiger partial charge on any atom is 0.416 e. The summed E-state index contributed by atoms with van der Waals surface area (Å²) >= 11 is 0. The summed E-state index contributed by atoms with van der Waals surface area (Å²) in [5.41, 5.74) is 0.945. The smallest absolute Gasteiger partial charge is 0.416 e. The minimum absolute atomic E-state index is 0.0120. The largest absolute Gasteiger partial charge is 0.447 e. The molecule has 1 heterocycles. The zero-order valence-electron chi connectivity index (χ0n) is 18.9. The minimum atomic E-state index is -4.58. The van der Waals surface area contributed by atoms with E-state index >= 15 is 0 Å². The van der Waals surface area contributed by atoms with Gasteiger partial charge in [0.05, 0.1) is 12.0 Å². The fraction of sp³-hybridized carbons (Fsp3) is 0.148. The third kappa shape index (κ3) is 5.30. The molecule has 1 N–H and O–H groups in total. The van der Waals surface area contributed by atoms with Crippen molar-refractivity contribution in [1.82, 2.24) is 4.90 Å². The predicted octanol–water partition coefficient (Wildman–Crippen LogP) is 5.45. The van der Waals surface area contributed by atoms with E-state index in [0.29, 0.717) is 22.4 Å². The minimum Gasteiger partial charge on any atom is -0.447 e. The topological polar surface area (TPSA) is 75.7 Å². The molecular weight excluding hydrogens is 473 g/mol. The number of anilines is 1. The maximum atomic E-state index is 13.0. The molecule has 3 aromatic rings. The van der Waals surface area contributed by atoms with E-state index in [4.69, 9.17) is 4.74 Å². The second kappa shape index (κ2) is 10.1. The number of alkyl halides is 3. The van der Waals surface area contributed by atoms with Crippen LogP contribution >= 0.6 is 0 Å². The van der Waals surface area contributed by atoms with Gasteiger partial charge in [-0.25, -0.2) is 0 Å². The second-order valence-electron chi connectivity index (χ2n) is 8.05. The van der Waals surface area contributed by atoms with Crippen molar-refractivity contribution >= 4 is 29.2 Å². The number of esters is 1. The second-order valence-corrected chi connectivity index (χ2v) is 8.05. The van der Waals surface area contributed by atoms with Gasteiger partial charge in [0.25, 0.3) is 11.8 Å². The van der Waals surface area contributed by atoms with Gasteiger partial charge in [-0.15, -0.1) is 0 Å². The molecule has 6 nitrogen and oxygen atoms in total. The van der Waals surface area contributed by atoms with E-state index in [1.165, 1.54) is 17.0 Å². The van der Waals surface area contributed by atoms with Crippen LogP contribution in [0.4, 0.5) is 18.9 Å². The van der Waals surface area contributed by atoms with Crippen molar-refractivity contribution in [3.8, 4) is 0 Å². The lowest BCUT2D eigenvalue weighted by Gasteiger charge is -2.20. The molecule has 4 rings (SSSR count). The first-order valence-corrected chi connectivity index (χ1v) is 11.0. The van der Waals surface area contributed by atoms with Crippen LogP contribution < -0.4 is 5.32 Å². The third-order valence-corrected chi connectivity index (χ3v) is 5.63. The number of hydrogen-bond donors (Lipinski definition) is 1. The number of carbonyl (C=O) groups is 3. The van der Waals surface area contributed by atoms with Crippen LogP contribution in [0, 0.1) is 0 Å². The lowest BCUT2D eigenvalue weighted by molar-refractivity contribution is -0.154. The lowest BCUT2D eigenvalue weighted by atomic mass is 10.1. The van der Waals surface area contributed by atoms with E-state index in [1.807, 2.05) is 0 Å². The Morgan fingerprint density at radius 3 is 2.28 bits per heavy atom. The maximum absolute atomic E-state index is 13.0. The van der Waals surface area contributed by atoms with Gasteiger partial charge in [-0.2, -0.15) is 13.2 Å². The summed E-state index contributed by atoms with van der Waals surface area (Å²) in [4.78, 5) is 39.7. The molecule has 0 bridgehead atoms. The molecule has 1 atom stereocenters. The highest BCUT2D eigenvalue weighted by Crippen LogP contribution is 2.32. The van der Waals surface area contributed by atoms with E-state index in [0.717, 1.165) is 12.1 Å². The molecule has 2 amide bonds. The zero-order valence-corrected chi connectivity index (χ0v) is 18.9. The summed E-state index contributed by atoms with van der Waals surface area (Å²) in [6, 6.07) is 19.2. The van der Waals surface area contributed by atoms with Crippen molar-refractivity contribution in [3.05, 3.63) is 108 Å². The highest BCUT2D eigenvalue weighted by Gasteiger charge is 2.33. The van der Waals surface area contributed by atoms with Crippen LogP contribution in [0.1, 0.15) is 39.6 Å². The van der Waals surface area contributed by atoms with Gasteiger partial charge in [-0.3, -0.25) is 14.4 Å². The highest BCUT2D eigenvalue weighted by molar-refractivity contribution is 6.08. The molecule has 9 heteroatoms. The SMILES string of the molecule is C=C1c2ccccc2C(=O)N1CCC(=O)OC(C(=O)Nc1cccc(C(F)(F)F)c1)c1ccccc1. The molecule has 36 heavy (non-hydrogen) atoms. The number of benzene rings is 3. The number of nitrogens with zero attached hydrogens (tertiary/aromatic N) is 1. The van der Waals surface area contributed by atoms with Gasteiger partial charge in [-0.05, 0) is 24.3 Å². The monoisotopic (exact) mass is 494 g/mol. The molecule has 1 aliphatic heterocycles. The van der Waals surface area contributed by atoms with Crippen LogP contribution in [0.3, 0.4) is 0 Å². The lowest BCUT2D eigenvalue weighted by Crippen LogP contribution is -2.29. The molecule has 1 aliphatic rings. The quantitative estimate of drug-likeness (QED) is 0.444. The summed E-state index contributed by atoms with van der Waals surface area (Å²) in [7, 11) is 0. The average molecular weight is 494 g/mol. The van der Waals surface area contributed by atoms with E-state index in [1.54, 1.807) is 54.6 Å². The Labute approximate surface area is 205 Å². The standard InChI is InChI=1S/C27H21F3N2O4/c1-17-21-12-5-6-13-22(21)26(35)32(17)15-14-23(33)36-24(18-8-3-2-4-9-18)25(34)31-20-11-7-10-19(16-20)27(28,29)30/h2-13,16,24H,1,14-15H2,(H,31,34). The van der Waals surface area contributed by atoms with Gasteiger partial charge in [-0.1, -0.05) is 61.2 Å². The van der Waals surface area contributed by atoms with Crippen LogP contribution in [0.25, 0.3) is 5.70 Å². The molecule has 0 saturated carbocycles. The molecule has 0 fully saturated rings. The Hall–Kier alpha value is -4.40. The first-order valence-electron chi connectivity index (χ1n) is 11.0. The first-order chi connectivity index (χ1) is 17.1. The summed E-state index contributed by atoms with van der Waals surface area (Å²) in [5, 5.41) is 2.39. The molecule has 0 radical (unpaired) electrons. The van der Waals surface area contributed by atoms with Gasteiger partial charge in [0.1, 0.15) is 0 Å². The van der Waals surface area contributed by atoms with Crippen LogP contribution in [0.5, 0.6) is 0 Å². The number of halogens is 3. The van der Waals surface area contributed by atoms with E-state index in [2.05, 4.69) is 11.9 Å². The molecule has 1 unspecified atom stereocenters.